The zero-order valence-electron chi connectivity index (χ0n) is 18.3. The molecule has 1 aromatic rings. The van der Waals surface area contributed by atoms with Crippen molar-refractivity contribution < 1.29 is 18.0 Å². The fraction of sp³-hybridized carbons (Fsp3) is 0.667. The lowest BCUT2D eigenvalue weighted by Gasteiger charge is -2.44. The Kier molecular flexibility index (Phi) is 6.99. The molecule has 2 heterocycles. The molecular weight excluding hydrogens is 412 g/mol. The minimum Gasteiger partial charge on any atom is -0.339 e. The van der Waals surface area contributed by atoms with Crippen LogP contribution in [0.2, 0.25) is 0 Å². The van der Waals surface area contributed by atoms with Crippen LogP contribution in [0.4, 0.5) is 0 Å². The Morgan fingerprint density at radius 2 is 1.65 bits per heavy atom. The van der Waals surface area contributed by atoms with Gasteiger partial charge in [0.2, 0.25) is 5.91 Å². The number of benzene rings is 1. The Labute approximate surface area is 185 Å². The van der Waals surface area contributed by atoms with E-state index in [0.29, 0.717) is 23.6 Å². The number of fused-ring (bicyclic) bond motifs is 1. The van der Waals surface area contributed by atoms with Crippen LogP contribution in [0.3, 0.4) is 0 Å². The van der Waals surface area contributed by atoms with Gasteiger partial charge in [0.25, 0.3) is 5.91 Å². The second-order valence-electron chi connectivity index (χ2n) is 9.43. The summed E-state index contributed by atoms with van der Waals surface area (Å²) in [7, 11) is -3.60. The molecule has 0 bridgehead atoms. The van der Waals surface area contributed by atoms with Crippen LogP contribution >= 0.6 is 0 Å². The summed E-state index contributed by atoms with van der Waals surface area (Å²) in [5, 5.41) is 0. The molecule has 7 heteroatoms. The number of amides is 2. The maximum atomic E-state index is 12.9. The van der Waals surface area contributed by atoms with E-state index in [9.17, 15) is 18.0 Å². The molecule has 2 amide bonds. The van der Waals surface area contributed by atoms with Gasteiger partial charge in [0.1, 0.15) is 5.75 Å². The third kappa shape index (κ3) is 5.48. The molecule has 2 saturated heterocycles. The standard InChI is InChI=1S/C24H34N2O4S/c27-23(26-15-7-11-20-9-2-3-12-22(20)26)18-31(29,30)17-19-8-6-10-21(16-19)24(28)25-13-4-1-5-14-25/h6,8,10,16,20,22H,1-5,7,9,11-15,17-18H2. The molecule has 4 rings (SSSR count). The van der Waals surface area contributed by atoms with Crippen molar-refractivity contribution in [3.63, 3.8) is 0 Å². The van der Waals surface area contributed by atoms with E-state index in [-0.39, 0.29) is 23.6 Å². The molecule has 0 N–H and O–H groups in total. The van der Waals surface area contributed by atoms with Crippen molar-refractivity contribution in [2.75, 3.05) is 25.4 Å². The van der Waals surface area contributed by atoms with E-state index in [4.69, 9.17) is 0 Å². The molecule has 0 radical (unpaired) electrons. The van der Waals surface area contributed by atoms with E-state index < -0.39 is 15.6 Å². The Balaban J connectivity index is 1.40. The van der Waals surface area contributed by atoms with Crippen LogP contribution in [0.15, 0.2) is 24.3 Å². The summed E-state index contributed by atoms with van der Waals surface area (Å²) >= 11 is 0. The SMILES string of the molecule is O=C(c1cccc(CS(=O)(=O)CC(=O)N2CCCC3CCCCC32)c1)N1CCCCC1. The molecule has 1 saturated carbocycles. The summed E-state index contributed by atoms with van der Waals surface area (Å²) in [5.41, 5.74) is 1.10. The van der Waals surface area contributed by atoms with E-state index in [1.54, 1.807) is 24.3 Å². The lowest BCUT2D eigenvalue weighted by atomic mass is 9.78. The summed E-state index contributed by atoms with van der Waals surface area (Å²) in [6.45, 7) is 2.19. The summed E-state index contributed by atoms with van der Waals surface area (Å²) in [6, 6.07) is 7.11. The summed E-state index contributed by atoms with van der Waals surface area (Å²) in [4.78, 5) is 29.4. The zero-order valence-corrected chi connectivity index (χ0v) is 19.1. The average molecular weight is 447 g/mol. The van der Waals surface area contributed by atoms with Crippen molar-refractivity contribution in [1.29, 1.82) is 0 Å². The lowest BCUT2D eigenvalue weighted by molar-refractivity contribution is -0.134. The molecule has 0 aromatic heterocycles. The van der Waals surface area contributed by atoms with Crippen LogP contribution in [-0.4, -0.2) is 61.5 Å². The number of hydrogen-bond donors (Lipinski definition) is 0. The fourth-order valence-corrected chi connectivity index (χ4v) is 6.92. The number of hydrogen-bond acceptors (Lipinski definition) is 4. The number of likely N-dealkylation sites (tertiary alicyclic amines) is 2. The van der Waals surface area contributed by atoms with Crippen molar-refractivity contribution in [3.05, 3.63) is 35.4 Å². The molecule has 2 unspecified atom stereocenters. The maximum Gasteiger partial charge on any atom is 0.253 e. The zero-order chi connectivity index (χ0) is 21.8. The first-order valence-electron chi connectivity index (χ1n) is 11.8. The van der Waals surface area contributed by atoms with Gasteiger partial charge in [-0.2, -0.15) is 0 Å². The monoisotopic (exact) mass is 446 g/mol. The van der Waals surface area contributed by atoms with Gasteiger partial charge in [-0.25, -0.2) is 8.42 Å². The highest BCUT2D eigenvalue weighted by molar-refractivity contribution is 7.91. The molecule has 6 nitrogen and oxygen atoms in total. The van der Waals surface area contributed by atoms with Crippen LogP contribution in [-0.2, 0) is 20.4 Å². The van der Waals surface area contributed by atoms with Gasteiger partial charge in [0, 0.05) is 31.2 Å². The number of carbonyl (C=O) groups excluding carboxylic acids is 2. The van der Waals surface area contributed by atoms with E-state index in [2.05, 4.69) is 0 Å². The van der Waals surface area contributed by atoms with Crippen molar-refractivity contribution in [2.24, 2.45) is 5.92 Å². The molecule has 3 aliphatic rings. The van der Waals surface area contributed by atoms with Crippen molar-refractivity contribution in [2.45, 2.75) is 69.6 Å². The van der Waals surface area contributed by atoms with E-state index in [0.717, 1.165) is 64.5 Å². The number of piperidine rings is 2. The molecule has 170 valence electrons. The summed E-state index contributed by atoms with van der Waals surface area (Å²) < 4.78 is 25.7. The Bertz CT molecular complexity index is 906. The molecule has 31 heavy (non-hydrogen) atoms. The largest absolute Gasteiger partial charge is 0.339 e. The van der Waals surface area contributed by atoms with Gasteiger partial charge in [0.15, 0.2) is 9.84 Å². The smallest absolute Gasteiger partial charge is 0.253 e. The van der Waals surface area contributed by atoms with Gasteiger partial charge in [-0.1, -0.05) is 25.0 Å². The number of carbonyl (C=O) groups is 2. The van der Waals surface area contributed by atoms with Crippen LogP contribution in [0.1, 0.15) is 73.7 Å². The molecule has 1 aliphatic carbocycles. The quantitative estimate of drug-likeness (QED) is 0.695. The van der Waals surface area contributed by atoms with Crippen LogP contribution < -0.4 is 0 Å². The van der Waals surface area contributed by atoms with Crippen LogP contribution in [0.5, 0.6) is 0 Å². The first kappa shape index (κ1) is 22.3. The highest BCUT2D eigenvalue weighted by Crippen LogP contribution is 2.35. The molecular formula is C24H34N2O4S. The van der Waals surface area contributed by atoms with E-state index in [1.807, 2.05) is 9.80 Å². The fourth-order valence-electron chi connectivity index (χ4n) is 5.58. The van der Waals surface area contributed by atoms with Crippen molar-refractivity contribution >= 4 is 21.7 Å². The third-order valence-electron chi connectivity index (χ3n) is 7.11. The first-order valence-corrected chi connectivity index (χ1v) is 13.6. The van der Waals surface area contributed by atoms with Crippen molar-refractivity contribution in [1.82, 2.24) is 9.80 Å². The average Bonchev–Trinajstić information content (AvgIpc) is 2.78. The maximum absolute atomic E-state index is 12.9. The Morgan fingerprint density at radius 1 is 0.903 bits per heavy atom. The lowest BCUT2D eigenvalue weighted by Crippen LogP contribution is -2.51. The van der Waals surface area contributed by atoms with Gasteiger partial charge >= 0.3 is 0 Å². The van der Waals surface area contributed by atoms with E-state index in [1.165, 1.54) is 6.42 Å². The second-order valence-corrected chi connectivity index (χ2v) is 11.5. The Morgan fingerprint density at radius 3 is 2.45 bits per heavy atom. The number of nitrogens with zero attached hydrogens (tertiary/aromatic N) is 2. The highest BCUT2D eigenvalue weighted by atomic mass is 32.2. The topological polar surface area (TPSA) is 74.8 Å². The van der Waals surface area contributed by atoms with Crippen LogP contribution in [0.25, 0.3) is 0 Å². The highest BCUT2D eigenvalue weighted by Gasteiger charge is 2.36. The predicted octanol–water partition coefficient (Wildman–Crippen LogP) is 3.41. The molecule has 0 spiro atoms. The minimum absolute atomic E-state index is 0.0355. The van der Waals surface area contributed by atoms with Gasteiger partial charge in [-0.15, -0.1) is 0 Å². The summed E-state index contributed by atoms with van der Waals surface area (Å²) in [6.07, 6.45) is 9.78. The first-order chi connectivity index (χ1) is 14.9. The molecule has 2 aliphatic heterocycles. The molecule has 1 aromatic carbocycles. The third-order valence-corrected chi connectivity index (χ3v) is 8.57. The Hall–Kier alpha value is -1.89. The molecule has 2 atom stereocenters. The van der Waals surface area contributed by atoms with Gasteiger partial charge in [0.05, 0.1) is 5.75 Å². The van der Waals surface area contributed by atoms with Crippen LogP contribution in [0, 0.1) is 5.92 Å². The van der Waals surface area contributed by atoms with Crippen molar-refractivity contribution in [3.8, 4) is 0 Å². The minimum atomic E-state index is -3.60. The predicted molar refractivity (Wildman–Crippen MR) is 120 cm³/mol. The number of rotatable bonds is 5. The number of sulfone groups is 1. The summed E-state index contributed by atoms with van der Waals surface area (Å²) in [5.74, 6) is -0.405. The molecule has 3 fully saturated rings. The van der Waals surface area contributed by atoms with Gasteiger partial charge in [-0.05, 0) is 68.6 Å². The second kappa shape index (κ2) is 9.72. The normalized spacial score (nSPS) is 24.5. The van der Waals surface area contributed by atoms with Gasteiger partial charge < -0.3 is 9.80 Å². The van der Waals surface area contributed by atoms with Gasteiger partial charge in [-0.3, -0.25) is 9.59 Å². The van der Waals surface area contributed by atoms with E-state index >= 15 is 0 Å².